The van der Waals surface area contributed by atoms with Crippen molar-refractivity contribution < 1.29 is 9.90 Å². The van der Waals surface area contributed by atoms with Crippen LogP contribution >= 0.6 is 0 Å². The van der Waals surface area contributed by atoms with E-state index in [0.717, 1.165) is 4.57 Å². The normalized spacial score (nSPS) is 10.2. The summed E-state index contributed by atoms with van der Waals surface area (Å²) in [7, 11) is 0. The van der Waals surface area contributed by atoms with Crippen LogP contribution < -0.4 is 10.9 Å². The van der Waals surface area contributed by atoms with Crippen LogP contribution in [0.1, 0.15) is 21.5 Å². The van der Waals surface area contributed by atoms with Crippen LogP contribution in [0.4, 0.5) is 5.69 Å². The number of rotatable bonds is 3. The number of hydrogen-bond donors (Lipinski definition) is 2. The standard InChI is InChI=1S/C20H15N3O3/c1-13-11-18(24)23(20(26)17(13)12-21)16-9-7-15(8-10-16)22-19(25)14-5-3-2-4-6-14/h2-11,26H,1H3,(H,22,25). The van der Waals surface area contributed by atoms with Crippen molar-refractivity contribution in [3.05, 3.63) is 87.7 Å². The fourth-order valence-corrected chi connectivity index (χ4v) is 2.59. The van der Waals surface area contributed by atoms with E-state index >= 15 is 0 Å². The zero-order valence-electron chi connectivity index (χ0n) is 13.9. The zero-order valence-corrected chi connectivity index (χ0v) is 13.9. The predicted molar refractivity (Wildman–Crippen MR) is 97.6 cm³/mol. The summed E-state index contributed by atoms with van der Waals surface area (Å²) in [5.41, 5.74) is 1.48. The van der Waals surface area contributed by atoms with Gasteiger partial charge in [0, 0.05) is 17.3 Å². The van der Waals surface area contributed by atoms with Gasteiger partial charge in [-0.05, 0) is 48.9 Å². The molecule has 1 amide bonds. The van der Waals surface area contributed by atoms with Crippen molar-refractivity contribution in [1.82, 2.24) is 4.57 Å². The minimum atomic E-state index is -0.444. The van der Waals surface area contributed by atoms with Gasteiger partial charge in [-0.2, -0.15) is 5.26 Å². The van der Waals surface area contributed by atoms with Gasteiger partial charge < -0.3 is 10.4 Å². The van der Waals surface area contributed by atoms with E-state index in [4.69, 9.17) is 5.26 Å². The third-order valence-electron chi connectivity index (χ3n) is 3.92. The number of amides is 1. The first-order chi connectivity index (χ1) is 12.5. The molecule has 128 valence electrons. The van der Waals surface area contributed by atoms with Gasteiger partial charge in [0.2, 0.25) is 5.88 Å². The van der Waals surface area contributed by atoms with E-state index in [1.54, 1.807) is 55.5 Å². The van der Waals surface area contributed by atoms with Crippen LogP contribution in [0, 0.1) is 18.3 Å². The second-order valence-corrected chi connectivity index (χ2v) is 5.68. The second-order valence-electron chi connectivity index (χ2n) is 5.68. The zero-order chi connectivity index (χ0) is 18.7. The van der Waals surface area contributed by atoms with Gasteiger partial charge in [-0.15, -0.1) is 0 Å². The van der Waals surface area contributed by atoms with Gasteiger partial charge in [0.1, 0.15) is 11.6 Å². The second kappa shape index (κ2) is 6.95. The van der Waals surface area contributed by atoms with E-state index in [2.05, 4.69) is 5.32 Å². The number of aromatic nitrogens is 1. The summed E-state index contributed by atoms with van der Waals surface area (Å²) in [6.07, 6.45) is 0. The minimum absolute atomic E-state index is 0.0473. The molecule has 0 aliphatic heterocycles. The van der Waals surface area contributed by atoms with E-state index in [1.807, 2.05) is 12.1 Å². The molecule has 3 rings (SSSR count). The number of hydrogen-bond acceptors (Lipinski definition) is 4. The number of nitrogens with one attached hydrogen (secondary N) is 1. The number of aryl methyl sites for hydroxylation is 1. The minimum Gasteiger partial charge on any atom is -0.493 e. The van der Waals surface area contributed by atoms with Crippen LogP contribution in [0.25, 0.3) is 5.69 Å². The lowest BCUT2D eigenvalue weighted by molar-refractivity contribution is 0.102. The van der Waals surface area contributed by atoms with E-state index in [9.17, 15) is 14.7 Å². The van der Waals surface area contributed by atoms with Crippen molar-refractivity contribution in [2.75, 3.05) is 5.32 Å². The first-order valence-electron chi connectivity index (χ1n) is 7.84. The highest BCUT2D eigenvalue weighted by Crippen LogP contribution is 2.22. The van der Waals surface area contributed by atoms with E-state index < -0.39 is 11.4 Å². The van der Waals surface area contributed by atoms with Gasteiger partial charge in [0.15, 0.2) is 0 Å². The van der Waals surface area contributed by atoms with Crippen LogP contribution in [-0.4, -0.2) is 15.6 Å². The van der Waals surface area contributed by atoms with Crippen LogP contribution in [0.5, 0.6) is 5.88 Å². The molecule has 0 aliphatic rings. The Bertz CT molecular complexity index is 1060. The van der Waals surface area contributed by atoms with Crippen molar-refractivity contribution >= 4 is 11.6 Å². The lowest BCUT2D eigenvalue weighted by Gasteiger charge is -2.12. The number of nitrogens with zero attached hydrogens (tertiary/aromatic N) is 2. The Hall–Kier alpha value is -3.85. The van der Waals surface area contributed by atoms with E-state index in [-0.39, 0.29) is 11.5 Å². The number of nitriles is 1. The maximum absolute atomic E-state index is 12.2. The molecular formula is C20H15N3O3. The van der Waals surface area contributed by atoms with Crippen molar-refractivity contribution in [3.63, 3.8) is 0 Å². The molecule has 6 heteroatoms. The Morgan fingerprint density at radius 1 is 1.12 bits per heavy atom. The molecule has 1 aromatic heterocycles. The third kappa shape index (κ3) is 3.19. The summed E-state index contributed by atoms with van der Waals surface area (Å²) in [6.45, 7) is 1.59. The number of carbonyl (C=O) groups excluding carboxylic acids is 1. The average molecular weight is 345 g/mol. The molecule has 0 bridgehead atoms. The molecule has 0 saturated carbocycles. The molecule has 0 unspecified atom stereocenters. The van der Waals surface area contributed by atoms with Crippen molar-refractivity contribution in [2.24, 2.45) is 0 Å². The van der Waals surface area contributed by atoms with Gasteiger partial charge >= 0.3 is 0 Å². The molecule has 2 aromatic carbocycles. The summed E-state index contributed by atoms with van der Waals surface area (Å²) in [6, 6.07) is 18.4. The highest BCUT2D eigenvalue weighted by atomic mass is 16.3. The molecule has 26 heavy (non-hydrogen) atoms. The highest BCUT2D eigenvalue weighted by molar-refractivity contribution is 6.04. The number of aromatic hydroxyl groups is 1. The van der Waals surface area contributed by atoms with E-state index in [0.29, 0.717) is 22.5 Å². The van der Waals surface area contributed by atoms with Crippen molar-refractivity contribution in [3.8, 4) is 17.6 Å². The number of carbonyl (C=O) groups is 1. The highest BCUT2D eigenvalue weighted by Gasteiger charge is 2.14. The molecule has 0 atom stereocenters. The summed E-state index contributed by atoms with van der Waals surface area (Å²) in [5, 5.41) is 22.1. The fraction of sp³-hybridized carbons (Fsp3) is 0.0500. The van der Waals surface area contributed by atoms with Gasteiger partial charge in [0.05, 0.1) is 5.69 Å². The van der Waals surface area contributed by atoms with Gasteiger partial charge in [-0.25, -0.2) is 4.57 Å². The Morgan fingerprint density at radius 3 is 2.38 bits per heavy atom. The number of pyridine rings is 1. The van der Waals surface area contributed by atoms with Crippen LogP contribution in [0.15, 0.2) is 65.5 Å². The molecule has 0 spiro atoms. The van der Waals surface area contributed by atoms with Crippen molar-refractivity contribution in [2.45, 2.75) is 6.92 Å². The Balaban J connectivity index is 1.91. The van der Waals surface area contributed by atoms with Crippen LogP contribution in [-0.2, 0) is 0 Å². The predicted octanol–water partition coefficient (Wildman–Crippen LogP) is 2.98. The Kier molecular flexibility index (Phi) is 4.54. The summed E-state index contributed by atoms with van der Waals surface area (Å²) in [4.78, 5) is 24.4. The van der Waals surface area contributed by atoms with Gasteiger partial charge in [0.25, 0.3) is 11.5 Å². The first kappa shape index (κ1) is 17.0. The summed E-state index contributed by atoms with van der Waals surface area (Å²) < 4.78 is 1.05. The quantitative estimate of drug-likeness (QED) is 0.763. The number of benzene rings is 2. The SMILES string of the molecule is Cc1cc(=O)n(-c2ccc(NC(=O)c3ccccc3)cc2)c(O)c1C#N. The first-order valence-corrected chi connectivity index (χ1v) is 7.84. The van der Waals surface area contributed by atoms with Crippen LogP contribution in [0.3, 0.4) is 0 Å². The number of anilines is 1. The van der Waals surface area contributed by atoms with Gasteiger partial charge in [-0.3, -0.25) is 9.59 Å². The average Bonchev–Trinajstić information content (AvgIpc) is 2.64. The molecule has 3 aromatic rings. The topological polar surface area (TPSA) is 95.1 Å². The molecule has 0 fully saturated rings. The Morgan fingerprint density at radius 2 is 1.77 bits per heavy atom. The molecule has 2 N–H and O–H groups in total. The summed E-state index contributed by atoms with van der Waals surface area (Å²) >= 11 is 0. The lowest BCUT2D eigenvalue weighted by Crippen LogP contribution is -2.19. The molecule has 0 radical (unpaired) electrons. The smallest absolute Gasteiger partial charge is 0.258 e. The third-order valence-corrected chi connectivity index (χ3v) is 3.92. The largest absolute Gasteiger partial charge is 0.493 e. The fourth-order valence-electron chi connectivity index (χ4n) is 2.59. The van der Waals surface area contributed by atoms with Crippen LogP contribution in [0.2, 0.25) is 0 Å². The van der Waals surface area contributed by atoms with Crippen molar-refractivity contribution in [1.29, 1.82) is 5.26 Å². The molecule has 0 aliphatic carbocycles. The summed E-state index contributed by atoms with van der Waals surface area (Å²) in [5.74, 6) is -0.654. The lowest BCUT2D eigenvalue weighted by atomic mass is 10.1. The molecule has 1 heterocycles. The monoisotopic (exact) mass is 345 g/mol. The molecule has 6 nitrogen and oxygen atoms in total. The van der Waals surface area contributed by atoms with E-state index in [1.165, 1.54) is 6.07 Å². The molecular weight excluding hydrogens is 330 g/mol. The molecule has 0 saturated heterocycles. The maximum atomic E-state index is 12.2. The van der Waals surface area contributed by atoms with Gasteiger partial charge in [-0.1, -0.05) is 18.2 Å². The Labute approximate surface area is 149 Å². The maximum Gasteiger partial charge on any atom is 0.258 e.